The zero-order valence-corrected chi connectivity index (χ0v) is 7.99. The topological polar surface area (TPSA) is 77.2 Å². The lowest BCUT2D eigenvalue weighted by molar-refractivity contribution is 0.1000. The number of aromatic nitrogens is 1. The molecule has 0 aliphatic heterocycles. The van der Waals surface area contributed by atoms with Gasteiger partial charge in [-0.2, -0.15) is 0 Å². The van der Waals surface area contributed by atoms with Crippen molar-refractivity contribution in [1.82, 2.24) is 4.98 Å². The van der Waals surface area contributed by atoms with E-state index in [2.05, 4.69) is 10.3 Å². The number of methoxy groups -OCH3 is 1. The highest BCUT2D eigenvalue weighted by Gasteiger charge is 1.99. The van der Waals surface area contributed by atoms with Crippen LogP contribution in [-0.2, 0) is 4.74 Å². The molecule has 76 valence electrons. The summed E-state index contributed by atoms with van der Waals surface area (Å²) in [4.78, 5) is 14.7. The van der Waals surface area contributed by atoms with Crippen molar-refractivity contribution in [1.29, 1.82) is 0 Å². The summed E-state index contributed by atoms with van der Waals surface area (Å²) in [6.45, 7) is 1.29. The molecule has 0 spiro atoms. The average Bonchev–Trinajstić information content (AvgIpc) is 2.19. The van der Waals surface area contributed by atoms with Gasteiger partial charge in [0, 0.05) is 19.9 Å². The lowest BCUT2D eigenvalue weighted by atomic mass is 10.3. The second-order valence-corrected chi connectivity index (χ2v) is 2.72. The van der Waals surface area contributed by atoms with E-state index >= 15 is 0 Å². The molecule has 0 aliphatic rings. The van der Waals surface area contributed by atoms with Gasteiger partial charge in [-0.3, -0.25) is 4.79 Å². The predicted octanol–water partition coefficient (Wildman–Crippen LogP) is 0.239. The number of ether oxygens (including phenoxy) is 1. The Labute approximate surface area is 82.3 Å². The van der Waals surface area contributed by atoms with Crippen LogP contribution in [0.3, 0.4) is 0 Å². The molecule has 0 bridgehead atoms. The number of nitrogens with one attached hydrogen (secondary N) is 1. The number of nitrogens with zero attached hydrogens (tertiary/aromatic N) is 1. The van der Waals surface area contributed by atoms with E-state index in [0.717, 1.165) is 0 Å². The molecule has 0 atom stereocenters. The standard InChI is InChI=1S/C9H13N3O2/c1-14-5-4-11-8-3-2-7(6-12-8)9(10)13/h2-3,6H,4-5H2,1H3,(H2,10,13)(H,11,12). The Balaban J connectivity index is 2.51. The summed E-state index contributed by atoms with van der Waals surface area (Å²) in [6.07, 6.45) is 1.44. The summed E-state index contributed by atoms with van der Waals surface area (Å²) in [5.41, 5.74) is 5.47. The highest BCUT2D eigenvalue weighted by molar-refractivity contribution is 5.92. The van der Waals surface area contributed by atoms with Crippen LogP contribution in [-0.4, -0.2) is 31.2 Å². The van der Waals surface area contributed by atoms with Crippen LogP contribution < -0.4 is 11.1 Å². The van der Waals surface area contributed by atoms with E-state index in [-0.39, 0.29) is 0 Å². The van der Waals surface area contributed by atoms with Gasteiger partial charge in [-0.15, -0.1) is 0 Å². The van der Waals surface area contributed by atoms with E-state index in [9.17, 15) is 4.79 Å². The van der Waals surface area contributed by atoms with E-state index in [1.807, 2.05) is 0 Å². The maximum absolute atomic E-state index is 10.7. The largest absolute Gasteiger partial charge is 0.383 e. The van der Waals surface area contributed by atoms with Gasteiger partial charge in [-0.05, 0) is 12.1 Å². The van der Waals surface area contributed by atoms with Gasteiger partial charge < -0.3 is 15.8 Å². The normalized spacial score (nSPS) is 9.79. The number of pyridine rings is 1. The van der Waals surface area contributed by atoms with Crippen molar-refractivity contribution in [2.45, 2.75) is 0 Å². The van der Waals surface area contributed by atoms with Crippen LogP contribution in [0.15, 0.2) is 18.3 Å². The molecule has 14 heavy (non-hydrogen) atoms. The molecule has 0 radical (unpaired) electrons. The minimum atomic E-state index is -0.471. The van der Waals surface area contributed by atoms with Crippen LogP contribution in [0.4, 0.5) is 5.82 Å². The highest BCUT2D eigenvalue weighted by Crippen LogP contribution is 2.03. The van der Waals surface area contributed by atoms with Crippen molar-refractivity contribution in [3.05, 3.63) is 23.9 Å². The molecule has 5 nitrogen and oxygen atoms in total. The summed E-state index contributed by atoms with van der Waals surface area (Å²) in [5, 5.41) is 3.02. The Morgan fingerprint density at radius 3 is 2.93 bits per heavy atom. The summed E-state index contributed by atoms with van der Waals surface area (Å²) >= 11 is 0. The fourth-order valence-electron chi connectivity index (χ4n) is 0.925. The van der Waals surface area contributed by atoms with Crippen LogP contribution in [0.5, 0.6) is 0 Å². The van der Waals surface area contributed by atoms with Crippen molar-refractivity contribution < 1.29 is 9.53 Å². The van der Waals surface area contributed by atoms with Crippen LogP contribution in [0.2, 0.25) is 0 Å². The van der Waals surface area contributed by atoms with Gasteiger partial charge in [-0.1, -0.05) is 0 Å². The number of hydrogen-bond donors (Lipinski definition) is 2. The first-order chi connectivity index (χ1) is 6.74. The van der Waals surface area contributed by atoms with Gasteiger partial charge in [0.05, 0.1) is 12.2 Å². The quantitative estimate of drug-likeness (QED) is 0.660. The molecule has 0 saturated heterocycles. The molecule has 0 fully saturated rings. The van der Waals surface area contributed by atoms with Crippen LogP contribution in [0.25, 0.3) is 0 Å². The van der Waals surface area contributed by atoms with Gasteiger partial charge >= 0.3 is 0 Å². The molecule has 0 aliphatic carbocycles. The van der Waals surface area contributed by atoms with E-state index in [1.54, 1.807) is 19.2 Å². The molecule has 5 heteroatoms. The van der Waals surface area contributed by atoms with Gasteiger partial charge in [0.1, 0.15) is 5.82 Å². The number of nitrogens with two attached hydrogens (primary N) is 1. The third kappa shape index (κ3) is 3.02. The monoisotopic (exact) mass is 195 g/mol. The van der Waals surface area contributed by atoms with E-state index < -0.39 is 5.91 Å². The summed E-state index contributed by atoms with van der Waals surface area (Å²) < 4.78 is 4.86. The fourth-order valence-corrected chi connectivity index (χ4v) is 0.925. The first-order valence-electron chi connectivity index (χ1n) is 4.22. The Morgan fingerprint density at radius 1 is 1.64 bits per heavy atom. The molecule has 0 aromatic carbocycles. The van der Waals surface area contributed by atoms with Gasteiger partial charge in [0.25, 0.3) is 0 Å². The van der Waals surface area contributed by atoms with Gasteiger partial charge in [0.2, 0.25) is 5.91 Å². The molecular formula is C9H13N3O2. The number of primary amides is 1. The third-order valence-electron chi connectivity index (χ3n) is 1.66. The minimum Gasteiger partial charge on any atom is -0.383 e. The zero-order chi connectivity index (χ0) is 10.4. The number of anilines is 1. The Morgan fingerprint density at radius 2 is 2.43 bits per heavy atom. The predicted molar refractivity (Wildman–Crippen MR) is 53.1 cm³/mol. The molecule has 0 saturated carbocycles. The maximum atomic E-state index is 10.7. The third-order valence-corrected chi connectivity index (χ3v) is 1.66. The second kappa shape index (κ2) is 5.18. The number of rotatable bonds is 5. The fraction of sp³-hybridized carbons (Fsp3) is 0.333. The molecule has 1 aromatic rings. The average molecular weight is 195 g/mol. The number of carbonyl (C=O) groups is 1. The van der Waals surface area contributed by atoms with Crippen molar-refractivity contribution >= 4 is 11.7 Å². The molecule has 1 aromatic heterocycles. The maximum Gasteiger partial charge on any atom is 0.250 e. The highest BCUT2D eigenvalue weighted by atomic mass is 16.5. The lowest BCUT2D eigenvalue weighted by Gasteiger charge is -2.04. The Hall–Kier alpha value is -1.62. The lowest BCUT2D eigenvalue weighted by Crippen LogP contribution is -2.12. The molecular weight excluding hydrogens is 182 g/mol. The van der Waals surface area contributed by atoms with Crippen LogP contribution in [0, 0.1) is 0 Å². The Bertz CT molecular complexity index is 297. The number of amides is 1. The van der Waals surface area contributed by atoms with Crippen molar-refractivity contribution in [3.63, 3.8) is 0 Å². The molecule has 1 heterocycles. The van der Waals surface area contributed by atoms with E-state index in [4.69, 9.17) is 10.5 Å². The number of carbonyl (C=O) groups excluding carboxylic acids is 1. The van der Waals surface area contributed by atoms with Crippen LogP contribution >= 0.6 is 0 Å². The summed E-state index contributed by atoms with van der Waals surface area (Å²) in [5.74, 6) is 0.230. The Kier molecular flexibility index (Phi) is 3.87. The SMILES string of the molecule is COCCNc1ccc(C(N)=O)cn1. The van der Waals surface area contributed by atoms with Gasteiger partial charge in [0.15, 0.2) is 0 Å². The molecule has 0 unspecified atom stereocenters. The van der Waals surface area contributed by atoms with Crippen LogP contribution in [0.1, 0.15) is 10.4 Å². The van der Waals surface area contributed by atoms with Crippen molar-refractivity contribution in [3.8, 4) is 0 Å². The van der Waals surface area contributed by atoms with E-state index in [1.165, 1.54) is 6.20 Å². The molecule has 3 N–H and O–H groups in total. The second-order valence-electron chi connectivity index (χ2n) is 2.72. The summed E-state index contributed by atoms with van der Waals surface area (Å²) in [6, 6.07) is 3.33. The van der Waals surface area contributed by atoms with Gasteiger partial charge in [-0.25, -0.2) is 4.98 Å². The first-order valence-corrected chi connectivity index (χ1v) is 4.22. The van der Waals surface area contributed by atoms with Crippen molar-refractivity contribution in [2.75, 3.05) is 25.6 Å². The number of hydrogen-bond acceptors (Lipinski definition) is 4. The van der Waals surface area contributed by atoms with Crippen molar-refractivity contribution in [2.24, 2.45) is 5.73 Å². The zero-order valence-electron chi connectivity index (χ0n) is 7.99. The molecule has 1 rings (SSSR count). The first kappa shape index (κ1) is 10.5. The summed E-state index contributed by atoms with van der Waals surface area (Å²) in [7, 11) is 1.63. The van der Waals surface area contributed by atoms with E-state index in [0.29, 0.717) is 24.5 Å². The smallest absolute Gasteiger partial charge is 0.250 e. The minimum absolute atomic E-state index is 0.405. The molecule has 1 amide bonds.